The lowest BCUT2D eigenvalue weighted by Crippen LogP contribution is -1.87. The van der Waals surface area contributed by atoms with Crippen molar-refractivity contribution < 1.29 is 0 Å². The Morgan fingerprint density at radius 1 is 0.652 bits per heavy atom. The fourth-order valence-corrected chi connectivity index (χ4v) is 3.63. The smallest absolute Gasteiger partial charge is 0.0755 e. The number of rotatable bonds is 17. The topological polar surface area (TPSA) is 25.8 Å². The van der Waals surface area contributed by atoms with Crippen LogP contribution in [0.2, 0.25) is 0 Å². The van der Waals surface area contributed by atoms with Gasteiger partial charge in [0.25, 0.3) is 0 Å². The SMILES string of the molecule is CCCCCCCCCCCCCCCCCCc1csnn1. The minimum absolute atomic E-state index is 1.12. The molecule has 23 heavy (non-hydrogen) atoms. The van der Waals surface area contributed by atoms with Gasteiger partial charge in [-0.05, 0) is 24.4 Å². The third-order valence-corrected chi connectivity index (χ3v) is 5.25. The van der Waals surface area contributed by atoms with Crippen molar-refractivity contribution in [3.63, 3.8) is 0 Å². The zero-order valence-corrected chi connectivity index (χ0v) is 16.2. The molecule has 0 saturated carbocycles. The highest BCUT2D eigenvalue weighted by Crippen LogP contribution is 2.14. The molecule has 134 valence electrons. The Hall–Kier alpha value is -0.440. The van der Waals surface area contributed by atoms with Crippen molar-refractivity contribution >= 4 is 11.5 Å². The van der Waals surface area contributed by atoms with Crippen LogP contribution in [0.25, 0.3) is 0 Å². The van der Waals surface area contributed by atoms with E-state index in [0.29, 0.717) is 0 Å². The van der Waals surface area contributed by atoms with Crippen LogP contribution in [0.1, 0.15) is 115 Å². The molecule has 0 radical (unpaired) electrons. The van der Waals surface area contributed by atoms with Crippen molar-refractivity contribution in [3.05, 3.63) is 11.1 Å². The minimum Gasteiger partial charge on any atom is -0.143 e. The highest BCUT2D eigenvalue weighted by Gasteiger charge is 1.97. The van der Waals surface area contributed by atoms with Crippen LogP contribution in [0.15, 0.2) is 5.38 Å². The lowest BCUT2D eigenvalue weighted by atomic mass is 10.0. The van der Waals surface area contributed by atoms with Gasteiger partial charge in [-0.2, -0.15) is 0 Å². The lowest BCUT2D eigenvalue weighted by molar-refractivity contribution is 0.529. The Balaban J connectivity index is 1.67. The average molecular weight is 339 g/mol. The first-order chi connectivity index (χ1) is 11.4. The summed E-state index contributed by atoms with van der Waals surface area (Å²) >= 11 is 1.47. The normalized spacial score (nSPS) is 11.2. The zero-order chi connectivity index (χ0) is 16.4. The molecule has 0 atom stereocenters. The van der Waals surface area contributed by atoms with Crippen LogP contribution in [-0.4, -0.2) is 9.59 Å². The Kier molecular flexibility index (Phi) is 14.7. The van der Waals surface area contributed by atoms with E-state index < -0.39 is 0 Å². The highest BCUT2D eigenvalue weighted by molar-refractivity contribution is 7.03. The summed E-state index contributed by atoms with van der Waals surface area (Å²) in [5, 5.41) is 6.17. The minimum atomic E-state index is 1.12. The van der Waals surface area contributed by atoms with Gasteiger partial charge in [-0.15, -0.1) is 5.10 Å². The summed E-state index contributed by atoms with van der Waals surface area (Å²) in [6, 6.07) is 0. The number of hydrogen-bond acceptors (Lipinski definition) is 3. The van der Waals surface area contributed by atoms with E-state index in [1.165, 1.54) is 120 Å². The van der Waals surface area contributed by atoms with E-state index in [-0.39, 0.29) is 0 Å². The molecule has 0 bridgehead atoms. The Bertz CT molecular complexity index is 324. The van der Waals surface area contributed by atoms with Gasteiger partial charge < -0.3 is 0 Å². The van der Waals surface area contributed by atoms with Crippen LogP contribution >= 0.6 is 11.5 Å². The van der Waals surface area contributed by atoms with Crippen LogP contribution < -0.4 is 0 Å². The van der Waals surface area contributed by atoms with Crippen molar-refractivity contribution in [2.24, 2.45) is 0 Å². The van der Waals surface area contributed by atoms with E-state index in [2.05, 4.69) is 21.9 Å². The second kappa shape index (κ2) is 16.4. The van der Waals surface area contributed by atoms with E-state index in [0.717, 1.165) is 6.42 Å². The molecule has 0 N–H and O–H groups in total. The summed E-state index contributed by atoms with van der Waals surface area (Å²) in [7, 11) is 0. The number of unbranched alkanes of at least 4 members (excludes halogenated alkanes) is 15. The van der Waals surface area contributed by atoms with E-state index in [4.69, 9.17) is 0 Å². The van der Waals surface area contributed by atoms with Gasteiger partial charge in [0.15, 0.2) is 0 Å². The fourth-order valence-electron chi connectivity index (χ4n) is 3.15. The second-order valence-electron chi connectivity index (χ2n) is 6.95. The van der Waals surface area contributed by atoms with Gasteiger partial charge in [0, 0.05) is 5.38 Å². The van der Waals surface area contributed by atoms with Crippen molar-refractivity contribution in [2.45, 2.75) is 116 Å². The molecule has 0 aliphatic carbocycles. The molecule has 0 spiro atoms. The van der Waals surface area contributed by atoms with Gasteiger partial charge in [0.05, 0.1) is 5.69 Å². The predicted molar refractivity (Wildman–Crippen MR) is 103 cm³/mol. The summed E-state index contributed by atoms with van der Waals surface area (Å²) in [5.41, 5.74) is 1.18. The number of nitrogens with zero attached hydrogens (tertiary/aromatic N) is 2. The van der Waals surface area contributed by atoms with Gasteiger partial charge in [0.1, 0.15) is 0 Å². The van der Waals surface area contributed by atoms with Gasteiger partial charge in [-0.3, -0.25) is 0 Å². The molecule has 3 heteroatoms. The molecule has 0 aliphatic rings. The predicted octanol–water partition coefficient (Wildman–Crippen LogP) is 7.34. The number of aromatic nitrogens is 2. The first-order valence-corrected chi connectivity index (χ1v) is 11.0. The molecule has 2 nitrogen and oxygen atoms in total. The second-order valence-corrected chi connectivity index (χ2v) is 7.56. The summed E-state index contributed by atoms with van der Waals surface area (Å²) in [4.78, 5) is 0. The average Bonchev–Trinajstić information content (AvgIpc) is 3.08. The summed E-state index contributed by atoms with van der Waals surface area (Å²) in [6.45, 7) is 2.29. The van der Waals surface area contributed by atoms with Crippen LogP contribution in [-0.2, 0) is 6.42 Å². The zero-order valence-electron chi connectivity index (χ0n) is 15.4. The van der Waals surface area contributed by atoms with Crippen LogP contribution in [0.5, 0.6) is 0 Å². The monoisotopic (exact) mass is 338 g/mol. The molecule has 0 fully saturated rings. The van der Waals surface area contributed by atoms with Crippen LogP contribution in [0, 0.1) is 0 Å². The number of hydrogen-bond donors (Lipinski definition) is 0. The van der Waals surface area contributed by atoms with Gasteiger partial charge >= 0.3 is 0 Å². The van der Waals surface area contributed by atoms with Gasteiger partial charge in [-0.25, -0.2) is 0 Å². The Morgan fingerprint density at radius 2 is 1.09 bits per heavy atom. The Labute approximate surface area is 148 Å². The molecule has 0 aliphatic heterocycles. The molecular weight excluding hydrogens is 300 g/mol. The molecule has 1 aromatic heterocycles. The van der Waals surface area contributed by atoms with Crippen molar-refractivity contribution in [2.75, 3.05) is 0 Å². The lowest BCUT2D eigenvalue weighted by Gasteiger charge is -2.03. The number of aryl methyl sites for hydroxylation is 1. The van der Waals surface area contributed by atoms with Gasteiger partial charge in [-0.1, -0.05) is 108 Å². The van der Waals surface area contributed by atoms with Crippen molar-refractivity contribution in [1.29, 1.82) is 0 Å². The Morgan fingerprint density at radius 3 is 1.48 bits per heavy atom. The first-order valence-electron chi connectivity index (χ1n) is 10.2. The van der Waals surface area contributed by atoms with Gasteiger partial charge in [0.2, 0.25) is 0 Å². The third-order valence-electron chi connectivity index (χ3n) is 4.69. The molecule has 1 rings (SSSR count). The molecular formula is C20H38N2S. The van der Waals surface area contributed by atoms with Crippen LogP contribution in [0.3, 0.4) is 0 Å². The molecule has 0 saturated heterocycles. The summed E-state index contributed by atoms with van der Waals surface area (Å²) in [6.07, 6.45) is 24.0. The van der Waals surface area contributed by atoms with Crippen molar-refractivity contribution in [3.8, 4) is 0 Å². The molecule has 1 aromatic rings. The maximum Gasteiger partial charge on any atom is 0.0755 e. The largest absolute Gasteiger partial charge is 0.143 e. The first kappa shape index (κ1) is 20.6. The van der Waals surface area contributed by atoms with E-state index in [1.807, 2.05) is 0 Å². The standard InChI is InChI=1S/C20H38N2S/c1-2-3-4-5-6-7-8-9-10-11-12-13-14-15-16-17-18-20-19-23-22-21-20/h19H,2-18H2,1H3. The maximum atomic E-state index is 4.09. The molecule has 0 aromatic carbocycles. The molecule has 0 unspecified atom stereocenters. The third kappa shape index (κ3) is 13.7. The molecule has 0 amide bonds. The summed E-state index contributed by atoms with van der Waals surface area (Å²) in [5.74, 6) is 0. The van der Waals surface area contributed by atoms with E-state index in [9.17, 15) is 0 Å². The summed E-state index contributed by atoms with van der Waals surface area (Å²) < 4.78 is 3.91. The van der Waals surface area contributed by atoms with Crippen LogP contribution in [0.4, 0.5) is 0 Å². The quantitative estimate of drug-likeness (QED) is 0.278. The van der Waals surface area contributed by atoms with Crippen molar-refractivity contribution in [1.82, 2.24) is 9.59 Å². The molecule has 1 heterocycles. The fraction of sp³-hybridized carbons (Fsp3) is 0.900. The maximum absolute atomic E-state index is 4.09. The van der Waals surface area contributed by atoms with E-state index >= 15 is 0 Å². The van der Waals surface area contributed by atoms with E-state index in [1.54, 1.807) is 0 Å². The highest BCUT2D eigenvalue weighted by atomic mass is 32.1.